The van der Waals surface area contributed by atoms with Crippen molar-refractivity contribution >= 4 is 5.91 Å². The highest BCUT2D eigenvalue weighted by molar-refractivity contribution is 5.98. The van der Waals surface area contributed by atoms with E-state index < -0.39 is 0 Å². The summed E-state index contributed by atoms with van der Waals surface area (Å²) in [5, 5.41) is 3.06. The van der Waals surface area contributed by atoms with Gasteiger partial charge in [0.15, 0.2) is 0 Å². The maximum atomic E-state index is 12.0. The molecule has 3 rings (SSSR count). The smallest absolute Gasteiger partial charge is 0.251 e. The second-order valence-corrected chi connectivity index (χ2v) is 5.41. The van der Waals surface area contributed by atoms with Crippen molar-refractivity contribution in [2.75, 3.05) is 13.7 Å². The molecule has 1 aromatic carbocycles. The highest BCUT2D eigenvalue weighted by Gasteiger charge is 2.42. The topological polar surface area (TPSA) is 38.3 Å². The average molecular weight is 245 g/mol. The minimum absolute atomic E-state index is 0.0418. The molecule has 96 valence electrons. The molecule has 0 radical (unpaired) electrons. The fraction of sp³-hybridized carbons (Fsp3) is 0.533. The summed E-state index contributed by atoms with van der Waals surface area (Å²) < 4.78 is 5.51. The van der Waals surface area contributed by atoms with Crippen LogP contribution in [0, 0.1) is 0 Å². The number of methoxy groups -OCH3 is 1. The molecule has 1 heterocycles. The van der Waals surface area contributed by atoms with Crippen LogP contribution in [0.2, 0.25) is 0 Å². The lowest BCUT2D eigenvalue weighted by atomic mass is 9.66. The number of nitrogens with one attached hydrogen (secondary N) is 1. The molecule has 1 aromatic rings. The number of carbonyl (C=O) groups is 1. The van der Waals surface area contributed by atoms with E-state index in [2.05, 4.69) is 5.32 Å². The number of fused-ring (bicyclic) bond motifs is 2. The molecular formula is C15H19NO2. The molecule has 18 heavy (non-hydrogen) atoms. The van der Waals surface area contributed by atoms with Gasteiger partial charge in [-0.25, -0.2) is 0 Å². The highest BCUT2D eigenvalue weighted by Crippen LogP contribution is 2.46. The summed E-state index contributed by atoms with van der Waals surface area (Å²) in [6.07, 6.45) is 6.10. The van der Waals surface area contributed by atoms with Gasteiger partial charge in [0.1, 0.15) is 5.75 Å². The van der Waals surface area contributed by atoms with Gasteiger partial charge in [-0.1, -0.05) is 25.3 Å². The molecule has 1 N–H and O–H groups in total. The summed E-state index contributed by atoms with van der Waals surface area (Å²) in [4.78, 5) is 12.0. The van der Waals surface area contributed by atoms with Gasteiger partial charge in [-0.2, -0.15) is 0 Å². The van der Waals surface area contributed by atoms with E-state index >= 15 is 0 Å². The van der Waals surface area contributed by atoms with Gasteiger partial charge >= 0.3 is 0 Å². The normalized spacial score (nSPS) is 21.3. The molecular weight excluding hydrogens is 226 g/mol. The second kappa shape index (κ2) is 4.30. The molecule has 2 aliphatic rings. The van der Waals surface area contributed by atoms with Crippen molar-refractivity contribution in [3.63, 3.8) is 0 Å². The molecule has 0 aromatic heterocycles. The summed E-state index contributed by atoms with van der Waals surface area (Å²) in [6, 6.07) is 5.80. The van der Waals surface area contributed by atoms with Crippen molar-refractivity contribution in [1.82, 2.24) is 5.32 Å². The first-order chi connectivity index (χ1) is 8.77. The summed E-state index contributed by atoms with van der Waals surface area (Å²) in [7, 11) is 1.69. The Kier molecular flexibility index (Phi) is 2.77. The molecule has 1 aliphatic carbocycles. The van der Waals surface area contributed by atoms with Gasteiger partial charge in [-0.15, -0.1) is 0 Å². The largest absolute Gasteiger partial charge is 0.496 e. The molecule has 3 heteroatoms. The molecule has 1 spiro atoms. The number of carbonyl (C=O) groups excluding carboxylic acids is 1. The molecule has 0 saturated heterocycles. The van der Waals surface area contributed by atoms with Crippen LogP contribution in [-0.2, 0) is 5.41 Å². The van der Waals surface area contributed by atoms with E-state index in [0.717, 1.165) is 36.3 Å². The third-order valence-electron chi connectivity index (χ3n) is 4.42. The fourth-order valence-electron chi connectivity index (χ4n) is 3.53. The maximum Gasteiger partial charge on any atom is 0.251 e. The summed E-state index contributed by atoms with van der Waals surface area (Å²) in [5.74, 6) is 0.921. The van der Waals surface area contributed by atoms with E-state index in [1.54, 1.807) is 7.11 Å². The molecule has 1 saturated carbocycles. The predicted octanol–water partition coefficient (Wildman–Crippen LogP) is 2.64. The predicted molar refractivity (Wildman–Crippen MR) is 70.1 cm³/mol. The van der Waals surface area contributed by atoms with Crippen LogP contribution in [0.15, 0.2) is 18.2 Å². The quantitative estimate of drug-likeness (QED) is 0.826. The summed E-state index contributed by atoms with van der Waals surface area (Å²) in [6.45, 7) is 0.763. The number of hydrogen-bond acceptors (Lipinski definition) is 2. The highest BCUT2D eigenvalue weighted by atomic mass is 16.5. The van der Waals surface area contributed by atoms with Crippen LogP contribution >= 0.6 is 0 Å². The van der Waals surface area contributed by atoms with Crippen molar-refractivity contribution in [2.45, 2.75) is 37.5 Å². The molecule has 0 atom stereocenters. The number of ether oxygens (including phenoxy) is 1. The zero-order valence-electron chi connectivity index (χ0n) is 10.8. The Morgan fingerprint density at radius 3 is 2.72 bits per heavy atom. The molecule has 0 unspecified atom stereocenters. The van der Waals surface area contributed by atoms with E-state index in [-0.39, 0.29) is 11.3 Å². The molecule has 1 amide bonds. The lowest BCUT2D eigenvalue weighted by Crippen LogP contribution is -2.48. The van der Waals surface area contributed by atoms with E-state index in [1.807, 2.05) is 18.2 Å². The fourth-order valence-corrected chi connectivity index (χ4v) is 3.53. The first-order valence-electron chi connectivity index (χ1n) is 6.72. The van der Waals surface area contributed by atoms with E-state index in [9.17, 15) is 4.79 Å². The van der Waals surface area contributed by atoms with Gasteiger partial charge in [-0.3, -0.25) is 4.79 Å². The number of benzene rings is 1. The van der Waals surface area contributed by atoms with Gasteiger partial charge in [-0.05, 0) is 25.0 Å². The third kappa shape index (κ3) is 1.61. The average Bonchev–Trinajstić information content (AvgIpc) is 2.44. The Morgan fingerprint density at radius 2 is 2.00 bits per heavy atom. The molecule has 1 aliphatic heterocycles. The van der Waals surface area contributed by atoms with Crippen LogP contribution in [-0.4, -0.2) is 19.6 Å². The first-order valence-corrected chi connectivity index (χ1v) is 6.72. The van der Waals surface area contributed by atoms with Gasteiger partial charge in [0.05, 0.1) is 7.11 Å². The van der Waals surface area contributed by atoms with Gasteiger partial charge in [0.25, 0.3) is 5.91 Å². The van der Waals surface area contributed by atoms with Crippen molar-refractivity contribution in [1.29, 1.82) is 0 Å². The third-order valence-corrected chi connectivity index (χ3v) is 4.42. The van der Waals surface area contributed by atoms with E-state index in [1.165, 1.54) is 19.3 Å². The lowest BCUT2D eigenvalue weighted by Gasteiger charge is -2.42. The number of hydrogen-bond donors (Lipinski definition) is 1. The Morgan fingerprint density at radius 1 is 1.22 bits per heavy atom. The Labute approximate surface area is 108 Å². The Bertz CT molecular complexity index is 475. The van der Waals surface area contributed by atoms with Crippen LogP contribution in [0.4, 0.5) is 0 Å². The lowest BCUT2D eigenvalue weighted by molar-refractivity contribution is 0.0910. The van der Waals surface area contributed by atoms with Crippen LogP contribution in [0.3, 0.4) is 0 Å². The van der Waals surface area contributed by atoms with Crippen LogP contribution in [0.25, 0.3) is 0 Å². The van der Waals surface area contributed by atoms with Crippen molar-refractivity contribution < 1.29 is 9.53 Å². The zero-order chi connectivity index (χ0) is 12.6. The first kappa shape index (κ1) is 11.6. The summed E-state index contributed by atoms with van der Waals surface area (Å²) >= 11 is 0. The standard InChI is InChI=1S/C15H19NO2/c1-18-12-7-5-6-11-13(12)15(10-16-14(11)17)8-3-2-4-9-15/h5-7H,2-4,8-10H2,1H3,(H,16,17). The minimum Gasteiger partial charge on any atom is -0.496 e. The molecule has 1 fully saturated rings. The summed E-state index contributed by atoms with van der Waals surface area (Å²) in [5.41, 5.74) is 2.06. The number of amides is 1. The van der Waals surface area contributed by atoms with Crippen molar-refractivity contribution in [2.24, 2.45) is 0 Å². The van der Waals surface area contributed by atoms with E-state index in [0.29, 0.717) is 0 Å². The van der Waals surface area contributed by atoms with Crippen LogP contribution in [0.1, 0.15) is 48.0 Å². The Balaban J connectivity index is 2.17. The SMILES string of the molecule is COc1cccc2c1C1(CCCCC1)CNC2=O. The van der Waals surface area contributed by atoms with E-state index in [4.69, 9.17) is 4.74 Å². The van der Waals surface area contributed by atoms with Gasteiger partial charge in [0.2, 0.25) is 0 Å². The molecule has 0 bridgehead atoms. The monoisotopic (exact) mass is 245 g/mol. The van der Waals surface area contributed by atoms with Crippen LogP contribution in [0.5, 0.6) is 5.75 Å². The molecule has 3 nitrogen and oxygen atoms in total. The van der Waals surface area contributed by atoms with Crippen molar-refractivity contribution in [3.05, 3.63) is 29.3 Å². The zero-order valence-corrected chi connectivity index (χ0v) is 10.8. The number of rotatable bonds is 1. The van der Waals surface area contributed by atoms with Crippen molar-refractivity contribution in [3.8, 4) is 5.75 Å². The van der Waals surface area contributed by atoms with Gasteiger partial charge in [0, 0.05) is 23.1 Å². The van der Waals surface area contributed by atoms with Crippen LogP contribution < -0.4 is 10.1 Å². The van der Waals surface area contributed by atoms with Gasteiger partial charge < -0.3 is 10.1 Å². The minimum atomic E-state index is 0.0418. The maximum absolute atomic E-state index is 12.0. The second-order valence-electron chi connectivity index (χ2n) is 5.41. The Hall–Kier alpha value is -1.51.